The van der Waals surface area contributed by atoms with Crippen LogP contribution in [0.3, 0.4) is 0 Å². The van der Waals surface area contributed by atoms with Gasteiger partial charge >= 0.3 is 11.9 Å². The number of ether oxygens (including phenoxy) is 1. The Morgan fingerprint density at radius 2 is 1.91 bits per heavy atom. The molecule has 23 heavy (non-hydrogen) atoms. The molecule has 0 radical (unpaired) electrons. The maximum absolute atomic E-state index is 13.7. The number of carbonyl (C=O) groups is 2. The molecule has 3 N–H and O–H groups in total. The maximum Gasteiger partial charge on any atom is 0.339 e. The van der Waals surface area contributed by atoms with Gasteiger partial charge < -0.3 is 20.6 Å². The van der Waals surface area contributed by atoms with Gasteiger partial charge in [-0.3, -0.25) is 4.79 Å². The first-order chi connectivity index (χ1) is 10.7. The lowest BCUT2D eigenvalue weighted by Gasteiger charge is -2.31. The average molecular weight is 332 g/mol. The van der Waals surface area contributed by atoms with E-state index in [1.807, 2.05) is 0 Å². The highest BCUT2D eigenvalue weighted by Crippen LogP contribution is 2.29. The van der Waals surface area contributed by atoms with E-state index in [9.17, 15) is 18.4 Å². The summed E-state index contributed by atoms with van der Waals surface area (Å²) in [6.45, 7) is 2.61. The van der Waals surface area contributed by atoms with E-state index >= 15 is 0 Å². The molecule has 0 spiro atoms. The van der Waals surface area contributed by atoms with E-state index in [0.717, 1.165) is 0 Å². The summed E-state index contributed by atoms with van der Waals surface area (Å²) in [5, 5.41) is 18.6. The van der Waals surface area contributed by atoms with Crippen LogP contribution in [0.4, 0.5) is 8.78 Å². The van der Waals surface area contributed by atoms with Crippen LogP contribution in [-0.4, -0.2) is 41.8 Å². The smallest absolute Gasteiger partial charge is 0.339 e. The molecule has 0 saturated heterocycles. The van der Waals surface area contributed by atoms with Gasteiger partial charge in [-0.15, -0.1) is 0 Å². The van der Waals surface area contributed by atoms with Crippen molar-refractivity contribution in [2.24, 2.45) is 5.92 Å². The number of allylic oxidation sites excluding steroid dienone is 1. The highest BCUT2D eigenvalue weighted by molar-refractivity contribution is 6.08. The maximum atomic E-state index is 13.7. The van der Waals surface area contributed by atoms with Crippen LogP contribution in [0.5, 0.6) is 0 Å². The van der Waals surface area contributed by atoms with Gasteiger partial charge in [0.15, 0.2) is 0 Å². The highest BCUT2D eigenvalue weighted by atomic mass is 19.3. The lowest BCUT2D eigenvalue weighted by molar-refractivity contribution is -0.149. The number of esters is 1. The number of alkyl halides is 2. The first-order valence-corrected chi connectivity index (χ1v) is 7.50. The van der Waals surface area contributed by atoms with E-state index in [-0.39, 0.29) is 17.9 Å². The average Bonchev–Trinajstić information content (AvgIpc) is 2.46. The highest BCUT2D eigenvalue weighted by Gasteiger charge is 2.35. The van der Waals surface area contributed by atoms with Crippen molar-refractivity contribution < 1.29 is 28.2 Å². The molecule has 0 bridgehead atoms. The van der Waals surface area contributed by atoms with Gasteiger partial charge in [0.2, 0.25) is 0 Å². The number of carbonyl (C=O) groups excluding carboxylic acids is 1. The van der Waals surface area contributed by atoms with Gasteiger partial charge in [-0.05, 0) is 32.6 Å². The van der Waals surface area contributed by atoms with Crippen LogP contribution < -0.4 is 5.32 Å². The number of hydrogen-bond donors (Lipinski definition) is 3. The molecule has 0 aromatic rings. The zero-order valence-electron chi connectivity index (χ0n) is 13.2. The lowest BCUT2D eigenvalue weighted by Crippen LogP contribution is -2.40. The summed E-state index contributed by atoms with van der Waals surface area (Å²) >= 11 is 0. The van der Waals surface area contributed by atoms with E-state index in [1.165, 1.54) is 0 Å². The number of carboxylic acid groups (broad SMARTS) is 1. The predicted octanol–water partition coefficient (Wildman–Crippen LogP) is 2.34. The third kappa shape index (κ3) is 5.30. The Labute approximate surface area is 133 Å². The van der Waals surface area contributed by atoms with E-state index in [2.05, 4.69) is 5.32 Å². The van der Waals surface area contributed by atoms with Gasteiger partial charge in [0.1, 0.15) is 5.57 Å². The molecular weight excluding hydrogens is 310 g/mol. The molecule has 1 rings (SSSR count). The number of carboxylic acids is 1. The molecule has 0 aromatic heterocycles. The van der Waals surface area contributed by atoms with Crippen molar-refractivity contribution >= 4 is 18.2 Å². The summed E-state index contributed by atoms with van der Waals surface area (Å²) in [5.41, 5.74) is -1.52. The van der Waals surface area contributed by atoms with E-state index in [4.69, 9.17) is 15.3 Å². The number of rotatable bonds is 7. The Kier molecular flexibility index (Phi) is 6.65. The van der Waals surface area contributed by atoms with Gasteiger partial charge in [-0.25, -0.2) is 13.6 Å². The van der Waals surface area contributed by atoms with Crippen LogP contribution in [0.15, 0.2) is 11.3 Å². The molecule has 0 unspecified atom stereocenters. The largest absolute Gasteiger partial charge is 0.478 e. The Hall–Kier alpha value is -1.99. The predicted molar refractivity (Wildman–Crippen MR) is 79.6 cm³/mol. The zero-order valence-corrected chi connectivity index (χ0v) is 13.2. The van der Waals surface area contributed by atoms with Crippen molar-refractivity contribution in [3.05, 3.63) is 11.3 Å². The van der Waals surface area contributed by atoms with Gasteiger partial charge in [-0.2, -0.15) is 0 Å². The second kappa shape index (κ2) is 8.03. The van der Waals surface area contributed by atoms with E-state index < -0.39 is 23.2 Å². The quantitative estimate of drug-likeness (QED) is 0.377. The van der Waals surface area contributed by atoms with Crippen LogP contribution in [0, 0.1) is 11.3 Å². The Morgan fingerprint density at radius 3 is 2.30 bits per heavy atom. The third-order valence-corrected chi connectivity index (χ3v) is 3.78. The summed E-state index contributed by atoms with van der Waals surface area (Å²) in [6, 6.07) is -0.365. The molecule has 0 aromatic carbocycles. The fourth-order valence-electron chi connectivity index (χ4n) is 2.62. The Morgan fingerprint density at radius 1 is 1.35 bits per heavy atom. The summed E-state index contributed by atoms with van der Waals surface area (Å²) < 4.78 is 32.3. The van der Waals surface area contributed by atoms with Crippen molar-refractivity contribution in [3.63, 3.8) is 0 Å². The van der Waals surface area contributed by atoms with Crippen molar-refractivity contribution in [2.75, 3.05) is 6.61 Å². The minimum absolute atomic E-state index is 0.246. The van der Waals surface area contributed by atoms with Crippen LogP contribution in [-0.2, 0) is 14.3 Å². The normalized spacial score (nSPS) is 22.8. The standard InChI is InChI=1S/C15H22F2N2O4/c1-3-23-14(22)9-4-6-10(7-5-9)19-12(15(2,16)17)11(8-18)13(20)21/h8-10,18-19H,3-7H2,1-2H3,(H,20,21)/b12-11+,18-8?/t9-,10-. The minimum atomic E-state index is -3.40. The molecule has 0 amide bonds. The molecule has 0 aliphatic heterocycles. The first kappa shape index (κ1) is 19.1. The van der Waals surface area contributed by atoms with Gasteiger partial charge in [0.25, 0.3) is 5.92 Å². The third-order valence-electron chi connectivity index (χ3n) is 3.78. The molecule has 130 valence electrons. The van der Waals surface area contributed by atoms with Crippen LogP contribution in [0.1, 0.15) is 39.5 Å². The number of hydrogen-bond acceptors (Lipinski definition) is 5. The van der Waals surface area contributed by atoms with Crippen molar-refractivity contribution in [3.8, 4) is 0 Å². The van der Waals surface area contributed by atoms with Crippen molar-refractivity contribution in [2.45, 2.75) is 51.5 Å². The SMILES string of the molecule is CCOC(=O)[C@H]1CC[C@H](N/C(=C(\C=N)C(=O)O)C(C)(F)F)CC1. The molecule has 8 heteroatoms. The summed E-state index contributed by atoms with van der Waals surface area (Å²) in [7, 11) is 0. The summed E-state index contributed by atoms with van der Waals surface area (Å²) in [6.07, 6.45) is 2.30. The fraction of sp³-hybridized carbons (Fsp3) is 0.667. The molecule has 6 nitrogen and oxygen atoms in total. The molecule has 1 aliphatic carbocycles. The Bertz CT molecular complexity index is 492. The first-order valence-electron chi connectivity index (χ1n) is 7.50. The summed E-state index contributed by atoms with van der Waals surface area (Å²) in [5.74, 6) is -5.51. The fourth-order valence-corrected chi connectivity index (χ4v) is 2.62. The van der Waals surface area contributed by atoms with Crippen LogP contribution in [0.2, 0.25) is 0 Å². The molecule has 1 fully saturated rings. The number of nitrogens with one attached hydrogen (secondary N) is 2. The van der Waals surface area contributed by atoms with Crippen molar-refractivity contribution in [1.82, 2.24) is 5.32 Å². The monoisotopic (exact) mass is 332 g/mol. The lowest BCUT2D eigenvalue weighted by atomic mass is 9.85. The van der Waals surface area contributed by atoms with Crippen LogP contribution >= 0.6 is 0 Å². The summed E-state index contributed by atoms with van der Waals surface area (Å²) in [4.78, 5) is 22.7. The van der Waals surface area contributed by atoms with E-state index in [0.29, 0.717) is 45.4 Å². The molecule has 0 heterocycles. The van der Waals surface area contributed by atoms with Gasteiger partial charge in [0, 0.05) is 19.2 Å². The van der Waals surface area contributed by atoms with Crippen LogP contribution in [0.25, 0.3) is 0 Å². The van der Waals surface area contributed by atoms with Gasteiger partial charge in [0.05, 0.1) is 18.2 Å². The van der Waals surface area contributed by atoms with E-state index in [1.54, 1.807) is 6.92 Å². The second-order valence-electron chi connectivity index (χ2n) is 5.57. The molecule has 0 atom stereocenters. The molecule has 1 aliphatic rings. The van der Waals surface area contributed by atoms with Crippen molar-refractivity contribution in [1.29, 1.82) is 5.41 Å². The molecule has 1 saturated carbocycles. The number of halogens is 2. The minimum Gasteiger partial charge on any atom is -0.478 e. The topological polar surface area (TPSA) is 99.5 Å². The Balaban J connectivity index is 2.80. The second-order valence-corrected chi connectivity index (χ2v) is 5.57. The van der Waals surface area contributed by atoms with Gasteiger partial charge in [-0.1, -0.05) is 0 Å². The zero-order chi connectivity index (χ0) is 17.6. The number of aliphatic carboxylic acids is 1. The molecular formula is C15H22F2N2O4.